The Hall–Kier alpha value is -1.15. The Morgan fingerprint density at radius 2 is 2.00 bits per heavy atom. The fourth-order valence-electron chi connectivity index (χ4n) is 1.12. The van der Waals surface area contributed by atoms with Crippen molar-refractivity contribution in [1.82, 2.24) is 0 Å². The van der Waals surface area contributed by atoms with Gasteiger partial charge in [0.25, 0.3) is 0 Å². The van der Waals surface area contributed by atoms with E-state index in [4.69, 9.17) is 4.74 Å². The molecular formula is C12H16O2. The molecule has 0 aliphatic heterocycles. The van der Waals surface area contributed by atoms with Gasteiger partial charge in [0.15, 0.2) is 5.78 Å². The molecule has 0 aliphatic rings. The first-order chi connectivity index (χ1) is 6.70. The zero-order valence-electron chi connectivity index (χ0n) is 8.69. The molecule has 0 bridgehead atoms. The lowest BCUT2D eigenvalue weighted by Gasteiger charge is -2.09. The Balaban J connectivity index is 2.26. The van der Waals surface area contributed by atoms with Gasteiger partial charge in [-0.3, -0.25) is 4.79 Å². The molecule has 0 saturated heterocycles. The van der Waals surface area contributed by atoms with Crippen molar-refractivity contribution in [2.75, 3.05) is 6.61 Å². The summed E-state index contributed by atoms with van der Waals surface area (Å²) >= 11 is 0. The lowest BCUT2D eigenvalue weighted by molar-refractivity contribution is -0.127. The van der Waals surface area contributed by atoms with Gasteiger partial charge in [0.1, 0.15) is 6.10 Å². The van der Waals surface area contributed by atoms with E-state index in [0.29, 0.717) is 6.61 Å². The van der Waals surface area contributed by atoms with Crippen molar-refractivity contribution in [2.45, 2.75) is 26.4 Å². The van der Waals surface area contributed by atoms with Gasteiger partial charge in [-0.1, -0.05) is 30.3 Å². The highest BCUT2D eigenvalue weighted by atomic mass is 16.5. The number of Topliss-reactive ketones (excluding diaryl/α,β-unsaturated/α-hetero) is 1. The van der Waals surface area contributed by atoms with E-state index >= 15 is 0 Å². The quantitative estimate of drug-likeness (QED) is 0.715. The van der Waals surface area contributed by atoms with E-state index in [0.717, 1.165) is 6.42 Å². The molecule has 0 aliphatic carbocycles. The van der Waals surface area contributed by atoms with Gasteiger partial charge >= 0.3 is 0 Å². The summed E-state index contributed by atoms with van der Waals surface area (Å²) in [6.45, 7) is 3.94. The maximum atomic E-state index is 10.9. The molecule has 1 aromatic carbocycles. The zero-order chi connectivity index (χ0) is 10.4. The van der Waals surface area contributed by atoms with E-state index in [1.54, 1.807) is 13.8 Å². The molecular weight excluding hydrogens is 176 g/mol. The number of benzene rings is 1. The summed E-state index contributed by atoms with van der Waals surface area (Å²) in [6.07, 6.45) is 0.581. The van der Waals surface area contributed by atoms with Crippen molar-refractivity contribution in [3.8, 4) is 0 Å². The molecule has 1 atom stereocenters. The predicted octanol–water partition coefficient (Wildman–Crippen LogP) is 2.22. The monoisotopic (exact) mass is 192 g/mol. The summed E-state index contributed by atoms with van der Waals surface area (Å²) in [7, 11) is 0. The van der Waals surface area contributed by atoms with Crippen molar-refractivity contribution < 1.29 is 9.53 Å². The highest BCUT2D eigenvalue weighted by Crippen LogP contribution is 2.01. The van der Waals surface area contributed by atoms with Crippen molar-refractivity contribution in [3.63, 3.8) is 0 Å². The number of carbonyl (C=O) groups is 1. The summed E-state index contributed by atoms with van der Waals surface area (Å²) in [5, 5.41) is 0. The van der Waals surface area contributed by atoms with E-state index < -0.39 is 0 Å². The van der Waals surface area contributed by atoms with Gasteiger partial charge in [-0.15, -0.1) is 0 Å². The Morgan fingerprint density at radius 3 is 2.57 bits per heavy atom. The minimum absolute atomic E-state index is 0.0815. The molecule has 0 unspecified atom stereocenters. The molecule has 0 saturated carbocycles. The standard InChI is InChI=1S/C12H16O2/c1-10(13)11(2)14-9-8-12-6-4-3-5-7-12/h3-7,11H,8-9H2,1-2H3/t11-/m1/s1. The molecule has 0 amide bonds. The van der Waals surface area contributed by atoms with Crippen LogP contribution in [0.4, 0.5) is 0 Å². The van der Waals surface area contributed by atoms with Gasteiger partial charge in [-0.2, -0.15) is 0 Å². The van der Waals surface area contributed by atoms with E-state index in [9.17, 15) is 4.79 Å². The summed E-state index contributed by atoms with van der Waals surface area (Å²) in [5.74, 6) is 0.0815. The van der Waals surface area contributed by atoms with Crippen LogP contribution >= 0.6 is 0 Å². The third-order valence-electron chi connectivity index (χ3n) is 2.17. The lowest BCUT2D eigenvalue weighted by atomic mass is 10.2. The van der Waals surface area contributed by atoms with E-state index in [-0.39, 0.29) is 11.9 Å². The van der Waals surface area contributed by atoms with Crippen LogP contribution in [0.2, 0.25) is 0 Å². The molecule has 0 radical (unpaired) electrons. The summed E-state index contributed by atoms with van der Waals surface area (Å²) < 4.78 is 5.36. The summed E-state index contributed by atoms with van der Waals surface area (Å²) in [5.41, 5.74) is 1.24. The first-order valence-corrected chi connectivity index (χ1v) is 4.86. The Morgan fingerprint density at radius 1 is 1.36 bits per heavy atom. The molecule has 76 valence electrons. The average molecular weight is 192 g/mol. The number of rotatable bonds is 5. The van der Waals surface area contributed by atoms with Gasteiger partial charge < -0.3 is 4.74 Å². The van der Waals surface area contributed by atoms with Crippen LogP contribution in [0.1, 0.15) is 19.4 Å². The average Bonchev–Trinajstić information content (AvgIpc) is 2.19. The molecule has 0 spiro atoms. The molecule has 2 nitrogen and oxygen atoms in total. The SMILES string of the molecule is CC(=O)[C@@H](C)OCCc1ccccc1. The minimum Gasteiger partial charge on any atom is -0.370 e. The zero-order valence-corrected chi connectivity index (χ0v) is 8.69. The van der Waals surface area contributed by atoms with Crippen LogP contribution in [-0.4, -0.2) is 18.5 Å². The second-order valence-electron chi connectivity index (χ2n) is 3.36. The fraction of sp³-hybridized carbons (Fsp3) is 0.417. The molecule has 2 heteroatoms. The number of hydrogen-bond acceptors (Lipinski definition) is 2. The number of hydrogen-bond donors (Lipinski definition) is 0. The summed E-state index contributed by atoms with van der Waals surface area (Å²) in [6, 6.07) is 10.1. The van der Waals surface area contributed by atoms with Crippen LogP contribution in [0.25, 0.3) is 0 Å². The number of ether oxygens (including phenoxy) is 1. The molecule has 1 aromatic rings. The van der Waals surface area contributed by atoms with Crippen molar-refractivity contribution in [2.24, 2.45) is 0 Å². The van der Waals surface area contributed by atoms with Crippen molar-refractivity contribution in [1.29, 1.82) is 0 Å². The van der Waals surface area contributed by atoms with Gasteiger partial charge in [0, 0.05) is 0 Å². The smallest absolute Gasteiger partial charge is 0.158 e. The largest absolute Gasteiger partial charge is 0.370 e. The Bertz CT molecular complexity index is 280. The van der Waals surface area contributed by atoms with Crippen LogP contribution in [0, 0.1) is 0 Å². The maximum Gasteiger partial charge on any atom is 0.158 e. The molecule has 1 rings (SSSR count). The van der Waals surface area contributed by atoms with Gasteiger partial charge in [0.05, 0.1) is 6.61 Å². The van der Waals surface area contributed by atoms with Crippen LogP contribution in [-0.2, 0) is 16.0 Å². The topological polar surface area (TPSA) is 26.3 Å². The molecule has 0 N–H and O–H groups in total. The van der Waals surface area contributed by atoms with Gasteiger partial charge in [-0.05, 0) is 25.8 Å². The molecule has 0 heterocycles. The van der Waals surface area contributed by atoms with Crippen LogP contribution in [0.5, 0.6) is 0 Å². The molecule has 0 fully saturated rings. The van der Waals surface area contributed by atoms with E-state index in [2.05, 4.69) is 12.1 Å². The van der Waals surface area contributed by atoms with E-state index in [1.807, 2.05) is 18.2 Å². The first kappa shape index (κ1) is 10.9. The molecule has 14 heavy (non-hydrogen) atoms. The van der Waals surface area contributed by atoms with Gasteiger partial charge in [-0.25, -0.2) is 0 Å². The van der Waals surface area contributed by atoms with Crippen molar-refractivity contribution >= 4 is 5.78 Å². The van der Waals surface area contributed by atoms with E-state index in [1.165, 1.54) is 5.56 Å². The highest BCUT2D eigenvalue weighted by molar-refractivity contribution is 5.79. The maximum absolute atomic E-state index is 10.9. The van der Waals surface area contributed by atoms with Crippen LogP contribution in [0.3, 0.4) is 0 Å². The number of carbonyl (C=O) groups excluding carboxylic acids is 1. The predicted molar refractivity (Wildman–Crippen MR) is 56.2 cm³/mol. The third kappa shape index (κ3) is 3.71. The third-order valence-corrected chi connectivity index (χ3v) is 2.17. The second-order valence-corrected chi connectivity index (χ2v) is 3.36. The Kier molecular flexibility index (Phi) is 4.33. The van der Waals surface area contributed by atoms with Crippen LogP contribution < -0.4 is 0 Å². The van der Waals surface area contributed by atoms with Crippen molar-refractivity contribution in [3.05, 3.63) is 35.9 Å². The highest BCUT2D eigenvalue weighted by Gasteiger charge is 2.06. The van der Waals surface area contributed by atoms with Gasteiger partial charge in [0.2, 0.25) is 0 Å². The Labute approximate surface area is 84.9 Å². The second kappa shape index (κ2) is 5.55. The minimum atomic E-state index is -0.279. The fourth-order valence-corrected chi connectivity index (χ4v) is 1.12. The molecule has 0 aromatic heterocycles. The first-order valence-electron chi connectivity index (χ1n) is 4.86. The number of ketones is 1. The van der Waals surface area contributed by atoms with Crippen LogP contribution in [0.15, 0.2) is 30.3 Å². The lowest BCUT2D eigenvalue weighted by Crippen LogP contribution is -2.18. The normalized spacial score (nSPS) is 12.4. The summed E-state index contributed by atoms with van der Waals surface area (Å²) in [4.78, 5) is 10.9.